The number of hydrogen-bond donors (Lipinski definition) is 2. The Kier molecular flexibility index (Phi) is 5.45. The molecule has 0 radical (unpaired) electrons. The van der Waals surface area contributed by atoms with Gasteiger partial charge in [0.05, 0.1) is 12.5 Å². The Hall–Kier alpha value is -1.77. The van der Waals surface area contributed by atoms with Gasteiger partial charge in [0.1, 0.15) is 6.04 Å². The molecule has 0 rings (SSSR count). The number of carboxylic acid groups (broad SMARTS) is 1. The zero-order valence-electron chi connectivity index (χ0n) is 10.6. The smallest absolute Gasteiger partial charge is 0.326 e. The van der Waals surface area contributed by atoms with E-state index in [2.05, 4.69) is 5.32 Å². The van der Waals surface area contributed by atoms with Gasteiger partial charge in [0, 0.05) is 13.6 Å². The number of nitrogens with zero attached hydrogens (tertiary/aromatic N) is 2. The second kappa shape index (κ2) is 6.09. The van der Waals surface area contributed by atoms with Crippen molar-refractivity contribution in [1.29, 1.82) is 5.26 Å². The predicted molar refractivity (Wildman–Crippen MR) is 62.3 cm³/mol. The summed E-state index contributed by atoms with van der Waals surface area (Å²) in [5.41, 5.74) is -0.572. The molecule has 17 heavy (non-hydrogen) atoms. The fourth-order valence-electron chi connectivity index (χ4n) is 1.20. The number of nitrogens with one attached hydrogen (secondary N) is 1. The number of urea groups is 1. The van der Waals surface area contributed by atoms with Crippen LogP contribution in [0.2, 0.25) is 0 Å². The van der Waals surface area contributed by atoms with Gasteiger partial charge < -0.3 is 15.3 Å². The molecule has 96 valence electrons. The lowest BCUT2D eigenvalue weighted by atomic mass is 9.87. The fraction of sp³-hybridized carbons (Fsp3) is 0.727. The highest BCUT2D eigenvalue weighted by Crippen LogP contribution is 2.19. The van der Waals surface area contributed by atoms with Crippen LogP contribution < -0.4 is 5.32 Å². The summed E-state index contributed by atoms with van der Waals surface area (Å²) in [7, 11) is 1.52. The highest BCUT2D eigenvalue weighted by Gasteiger charge is 2.33. The van der Waals surface area contributed by atoms with E-state index in [1.54, 1.807) is 20.8 Å². The third-order valence-electron chi connectivity index (χ3n) is 2.29. The van der Waals surface area contributed by atoms with Crippen LogP contribution in [0.25, 0.3) is 0 Å². The van der Waals surface area contributed by atoms with Gasteiger partial charge in [-0.05, 0) is 5.41 Å². The summed E-state index contributed by atoms with van der Waals surface area (Å²) in [6.07, 6.45) is 0.219. The van der Waals surface area contributed by atoms with Crippen molar-refractivity contribution in [2.24, 2.45) is 5.41 Å². The van der Waals surface area contributed by atoms with Crippen molar-refractivity contribution in [2.45, 2.75) is 33.2 Å². The van der Waals surface area contributed by atoms with E-state index in [1.807, 2.05) is 6.07 Å². The lowest BCUT2D eigenvalue weighted by Crippen LogP contribution is -2.52. The van der Waals surface area contributed by atoms with E-state index in [-0.39, 0.29) is 13.0 Å². The summed E-state index contributed by atoms with van der Waals surface area (Å²) in [4.78, 5) is 24.0. The fourth-order valence-corrected chi connectivity index (χ4v) is 1.20. The predicted octanol–water partition coefficient (Wildman–Crippen LogP) is 1.04. The van der Waals surface area contributed by atoms with Gasteiger partial charge in [0.25, 0.3) is 0 Å². The minimum atomic E-state index is -1.07. The van der Waals surface area contributed by atoms with Crippen LogP contribution in [0.15, 0.2) is 0 Å². The summed E-state index contributed by atoms with van der Waals surface area (Å²) >= 11 is 0. The molecule has 2 amide bonds. The summed E-state index contributed by atoms with van der Waals surface area (Å²) in [5, 5.41) is 19.9. The van der Waals surface area contributed by atoms with Crippen LogP contribution in [0, 0.1) is 16.7 Å². The normalized spacial score (nSPS) is 12.4. The molecule has 0 spiro atoms. The van der Waals surface area contributed by atoms with Gasteiger partial charge in [0.2, 0.25) is 0 Å². The van der Waals surface area contributed by atoms with Crippen LogP contribution in [-0.2, 0) is 4.79 Å². The lowest BCUT2D eigenvalue weighted by Gasteiger charge is -2.29. The molecule has 0 aliphatic heterocycles. The Morgan fingerprint density at radius 3 is 2.35 bits per heavy atom. The SMILES string of the molecule is CN(CCC#N)C(=O)N[C@H](C(=O)O)C(C)(C)C. The van der Waals surface area contributed by atoms with E-state index in [1.165, 1.54) is 11.9 Å². The zero-order chi connectivity index (χ0) is 13.6. The lowest BCUT2D eigenvalue weighted by molar-refractivity contribution is -0.142. The monoisotopic (exact) mass is 241 g/mol. The maximum Gasteiger partial charge on any atom is 0.326 e. The van der Waals surface area contributed by atoms with Crippen LogP contribution in [0.1, 0.15) is 27.2 Å². The molecular formula is C11H19N3O3. The average molecular weight is 241 g/mol. The summed E-state index contributed by atoms with van der Waals surface area (Å²) in [6.45, 7) is 5.49. The standard InChI is InChI=1S/C11H19N3O3/c1-11(2,3)8(9(15)16)13-10(17)14(4)7-5-6-12/h8H,5,7H2,1-4H3,(H,13,17)(H,15,16)/t8-/m1/s1. The van der Waals surface area contributed by atoms with Crippen molar-refractivity contribution in [1.82, 2.24) is 10.2 Å². The number of rotatable bonds is 4. The summed E-state index contributed by atoms with van der Waals surface area (Å²) in [5.74, 6) is -1.07. The summed E-state index contributed by atoms with van der Waals surface area (Å²) in [6, 6.07) is 0.479. The van der Waals surface area contributed by atoms with Gasteiger partial charge in [0.15, 0.2) is 0 Å². The molecule has 0 saturated heterocycles. The summed E-state index contributed by atoms with van der Waals surface area (Å²) < 4.78 is 0. The number of carbonyl (C=O) groups excluding carboxylic acids is 1. The van der Waals surface area contributed by atoms with Gasteiger partial charge in [-0.25, -0.2) is 9.59 Å². The molecular weight excluding hydrogens is 222 g/mol. The molecule has 0 aromatic carbocycles. The number of amides is 2. The topological polar surface area (TPSA) is 93.4 Å². The van der Waals surface area contributed by atoms with Crippen LogP contribution in [0.4, 0.5) is 4.79 Å². The van der Waals surface area contributed by atoms with E-state index in [0.717, 1.165) is 0 Å². The van der Waals surface area contributed by atoms with Gasteiger partial charge in [-0.3, -0.25) is 0 Å². The number of nitriles is 1. The Bertz CT molecular complexity index is 328. The number of aliphatic carboxylic acids is 1. The molecule has 0 heterocycles. The average Bonchev–Trinajstić information content (AvgIpc) is 2.19. The molecule has 0 aliphatic carbocycles. The van der Waals surface area contributed by atoms with E-state index in [9.17, 15) is 9.59 Å². The highest BCUT2D eigenvalue weighted by molar-refractivity contribution is 5.83. The Balaban J connectivity index is 4.53. The third kappa shape index (κ3) is 5.20. The molecule has 0 unspecified atom stereocenters. The van der Waals surface area contributed by atoms with Crippen molar-refractivity contribution in [2.75, 3.05) is 13.6 Å². The molecule has 2 N–H and O–H groups in total. The maximum absolute atomic E-state index is 11.7. The molecule has 1 atom stereocenters. The van der Waals surface area contributed by atoms with Gasteiger partial charge in [-0.2, -0.15) is 5.26 Å². The van der Waals surface area contributed by atoms with Gasteiger partial charge in [-0.1, -0.05) is 20.8 Å². The largest absolute Gasteiger partial charge is 0.480 e. The first-order valence-electron chi connectivity index (χ1n) is 5.31. The van der Waals surface area contributed by atoms with Crippen LogP contribution in [0.3, 0.4) is 0 Å². The number of hydrogen-bond acceptors (Lipinski definition) is 3. The highest BCUT2D eigenvalue weighted by atomic mass is 16.4. The number of carboxylic acids is 1. The zero-order valence-corrected chi connectivity index (χ0v) is 10.6. The van der Waals surface area contributed by atoms with Crippen molar-refractivity contribution in [3.05, 3.63) is 0 Å². The molecule has 0 bridgehead atoms. The molecule has 0 fully saturated rings. The molecule has 6 nitrogen and oxygen atoms in total. The van der Waals surface area contributed by atoms with E-state index < -0.39 is 23.5 Å². The first-order valence-corrected chi connectivity index (χ1v) is 5.31. The number of carbonyl (C=O) groups is 2. The minimum Gasteiger partial charge on any atom is -0.480 e. The van der Waals surface area contributed by atoms with Gasteiger partial charge >= 0.3 is 12.0 Å². The third-order valence-corrected chi connectivity index (χ3v) is 2.29. The quantitative estimate of drug-likeness (QED) is 0.769. The molecule has 0 saturated carbocycles. The van der Waals surface area contributed by atoms with Crippen molar-refractivity contribution in [3.63, 3.8) is 0 Å². The molecule has 0 aromatic heterocycles. The molecule has 0 aliphatic rings. The maximum atomic E-state index is 11.7. The van der Waals surface area contributed by atoms with Crippen molar-refractivity contribution in [3.8, 4) is 6.07 Å². The van der Waals surface area contributed by atoms with Gasteiger partial charge in [-0.15, -0.1) is 0 Å². The van der Waals surface area contributed by atoms with Crippen molar-refractivity contribution >= 4 is 12.0 Å². The second-order valence-electron chi connectivity index (χ2n) is 4.92. The van der Waals surface area contributed by atoms with Crippen molar-refractivity contribution < 1.29 is 14.7 Å². The Morgan fingerprint density at radius 2 is 2.00 bits per heavy atom. The van der Waals surface area contributed by atoms with E-state index >= 15 is 0 Å². The van der Waals surface area contributed by atoms with E-state index in [4.69, 9.17) is 10.4 Å². The molecule has 0 aromatic rings. The second-order valence-corrected chi connectivity index (χ2v) is 4.92. The first-order chi connectivity index (χ1) is 7.70. The minimum absolute atomic E-state index is 0.219. The van der Waals surface area contributed by atoms with Crippen LogP contribution in [0.5, 0.6) is 0 Å². The van der Waals surface area contributed by atoms with E-state index in [0.29, 0.717) is 0 Å². The van der Waals surface area contributed by atoms with Crippen LogP contribution >= 0.6 is 0 Å². The molecule has 6 heteroatoms. The van der Waals surface area contributed by atoms with Crippen LogP contribution in [-0.4, -0.2) is 41.6 Å². The first kappa shape index (κ1) is 15.2. The Morgan fingerprint density at radius 1 is 1.47 bits per heavy atom. The Labute approximate surface area is 101 Å².